The molecule has 1 heterocycles. The predicted molar refractivity (Wildman–Crippen MR) is 58.2 cm³/mol. The highest BCUT2D eigenvalue weighted by Crippen LogP contribution is 2.18. The molecule has 0 saturated carbocycles. The minimum absolute atomic E-state index is 0.281. The monoisotopic (exact) mass is 199 g/mol. The van der Waals surface area contributed by atoms with Crippen LogP contribution in [0.4, 0.5) is 0 Å². The summed E-state index contributed by atoms with van der Waals surface area (Å²) in [5.41, 5.74) is 5.83. The van der Waals surface area contributed by atoms with E-state index in [0.29, 0.717) is 11.9 Å². The molecule has 0 spiro atoms. The van der Waals surface area contributed by atoms with Crippen LogP contribution < -0.4 is 5.73 Å². The molecule has 0 aromatic heterocycles. The lowest BCUT2D eigenvalue weighted by atomic mass is 9.95. The van der Waals surface area contributed by atoms with Crippen LogP contribution in [0.1, 0.15) is 26.2 Å². The number of rotatable bonds is 3. The Morgan fingerprint density at radius 2 is 2.43 bits per heavy atom. The number of likely N-dealkylation sites (tertiary alicyclic amines) is 1. The maximum atomic E-state index is 8.87. The number of hydrogen-bond donors (Lipinski definition) is 2. The molecule has 1 fully saturated rings. The molecule has 0 aliphatic carbocycles. The van der Waals surface area contributed by atoms with E-state index in [1.165, 1.54) is 6.42 Å². The van der Waals surface area contributed by atoms with Gasteiger partial charge in [-0.1, -0.05) is 0 Å². The predicted octanol–water partition coefficient (Wildman–Crippen LogP) is 0.415. The number of aliphatic hydroxyl groups is 1. The van der Waals surface area contributed by atoms with E-state index in [4.69, 9.17) is 10.8 Å². The second kappa shape index (κ2) is 5.86. The van der Waals surface area contributed by atoms with Crippen LogP contribution in [0.3, 0.4) is 0 Å². The molecule has 0 amide bonds. The van der Waals surface area contributed by atoms with Gasteiger partial charge in [0.1, 0.15) is 0 Å². The highest BCUT2D eigenvalue weighted by molar-refractivity contribution is 5.78. The van der Waals surface area contributed by atoms with Crippen molar-refractivity contribution < 1.29 is 5.11 Å². The third kappa shape index (κ3) is 3.18. The van der Waals surface area contributed by atoms with Crippen molar-refractivity contribution in [3.05, 3.63) is 0 Å². The molecule has 1 saturated heterocycles. The molecule has 4 nitrogen and oxygen atoms in total. The van der Waals surface area contributed by atoms with Gasteiger partial charge in [-0.2, -0.15) is 0 Å². The molecule has 1 aliphatic rings. The fraction of sp³-hybridized carbons (Fsp3) is 0.900. The van der Waals surface area contributed by atoms with Crippen LogP contribution in [-0.4, -0.2) is 42.2 Å². The van der Waals surface area contributed by atoms with E-state index >= 15 is 0 Å². The van der Waals surface area contributed by atoms with Gasteiger partial charge in [-0.15, -0.1) is 0 Å². The lowest BCUT2D eigenvalue weighted by Crippen LogP contribution is -2.44. The first-order valence-electron chi connectivity index (χ1n) is 5.43. The lowest BCUT2D eigenvalue weighted by Gasteiger charge is -2.33. The number of nitrogens with two attached hydrogens (primary N) is 1. The zero-order valence-corrected chi connectivity index (χ0v) is 8.95. The van der Waals surface area contributed by atoms with Crippen LogP contribution in [-0.2, 0) is 0 Å². The van der Waals surface area contributed by atoms with Crippen molar-refractivity contribution >= 4 is 5.96 Å². The third-order valence-electron chi connectivity index (χ3n) is 2.70. The fourth-order valence-electron chi connectivity index (χ4n) is 1.95. The summed E-state index contributed by atoms with van der Waals surface area (Å²) < 4.78 is 0. The summed E-state index contributed by atoms with van der Waals surface area (Å²) in [7, 11) is 0. The topological polar surface area (TPSA) is 61.8 Å². The van der Waals surface area contributed by atoms with Crippen molar-refractivity contribution in [1.29, 1.82) is 0 Å². The molecule has 14 heavy (non-hydrogen) atoms. The molecule has 0 aromatic carbocycles. The standard InChI is InChI=1S/C10H21N3O/c1-2-12-10(11)13-6-3-4-9(8-13)5-7-14/h9,14H,2-8H2,1H3,(H2,11,12). The SMILES string of the molecule is CCN=C(N)N1CCCC(CCO)C1. The van der Waals surface area contributed by atoms with Gasteiger partial charge in [0.2, 0.25) is 0 Å². The number of guanidine groups is 1. The van der Waals surface area contributed by atoms with Crippen LogP contribution in [0, 0.1) is 5.92 Å². The Hall–Kier alpha value is -0.770. The Morgan fingerprint density at radius 3 is 3.07 bits per heavy atom. The van der Waals surface area contributed by atoms with Gasteiger partial charge in [0.05, 0.1) is 0 Å². The molecule has 4 heteroatoms. The highest BCUT2D eigenvalue weighted by atomic mass is 16.3. The Morgan fingerprint density at radius 1 is 1.64 bits per heavy atom. The molecule has 0 aromatic rings. The van der Waals surface area contributed by atoms with E-state index in [1.54, 1.807) is 0 Å². The fourth-order valence-corrected chi connectivity index (χ4v) is 1.95. The Labute approximate surface area is 85.8 Å². The average Bonchev–Trinajstić information content (AvgIpc) is 2.19. The smallest absolute Gasteiger partial charge is 0.191 e. The van der Waals surface area contributed by atoms with E-state index < -0.39 is 0 Å². The molecule has 3 N–H and O–H groups in total. The molecule has 1 aliphatic heterocycles. The molecule has 1 rings (SSSR count). The largest absolute Gasteiger partial charge is 0.396 e. The normalized spacial score (nSPS) is 24.0. The van der Waals surface area contributed by atoms with Crippen molar-refractivity contribution in [3.8, 4) is 0 Å². The zero-order chi connectivity index (χ0) is 10.4. The van der Waals surface area contributed by atoms with E-state index in [2.05, 4.69) is 9.89 Å². The molecule has 0 radical (unpaired) electrons. The van der Waals surface area contributed by atoms with Crippen molar-refractivity contribution in [2.45, 2.75) is 26.2 Å². The number of nitrogens with zero attached hydrogens (tertiary/aromatic N) is 2. The summed E-state index contributed by atoms with van der Waals surface area (Å²) in [6.07, 6.45) is 3.25. The van der Waals surface area contributed by atoms with Gasteiger partial charge in [-0.05, 0) is 32.1 Å². The summed E-state index contributed by atoms with van der Waals surface area (Å²) in [6.45, 7) is 4.98. The third-order valence-corrected chi connectivity index (χ3v) is 2.70. The second-order valence-electron chi connectivity index (χ2n) is 3.80. The maximum absolute atomic E-state index is 8.87. The number of aliphatic hydroxyl groups excluding tert-OH is 1. The minimum atomic E-state index is 0.281. The van der Waals surface area contributed by atoms with E-state index in [9.17, 15) is 0 Å². The quantitative estimate of drug-likeness (QED) is 0.511. The first kappa shape index (κ1) is 11.3. The van der Waals surface area contributed by atoms with Crippen LogP contribution >= 0.6 is 0 Å². The van der Waals surface area contributed by atoms with E-state index in [0.717, 1.165) is 32.5 Å². The summed E-state index contributed by atoms with van der Waals surface area (Å²) >= 11 is 0. The maximum Gasteiger partial charge on any atom is 0.191 e. The first-order valence-corrected chi connectivity index (χ1v) is 5.43. The average molecular weight is 199 g/mol. The van der Waals surface area contributed by atoms with Gasteiger partial charge in [0.15, 0.2) is 5.96 Å². The number of aliphatic imine (C=N–C) groups is 1. The molecular weight excluding hydrogens is 178 g/mol. The van der Waals surface area contributed by atoms with Crippen LogP contribution in [0.25, 0.3) is 0 Å². The summed E-state index contributed by atoms with van der Waals surface area (Å²) in [5, 5.41) is 8.87. The Balaban J connectivity index is 2.43. The molecule has 1 unspecified atom stereocenters. The van der Waals surface area contributed by atoms with Crippen molar-refractivity contribution in [3.63, 3.8) is 0 Å². The van der Waals surface area contributed by atoms with Crippen molar-refractivity contribution in [1.82, 2.24) is 4.90 Å². The van der Waals surface area contributed by atoms with Crippen molar-refractivity contribution in [2.24, 2.45) is 16.6 Å². The minimum Gasteiger partial charge on any atom is -0.396 e. The van der Waals surface area contributed by atoms with Gasteiger partial charge in [-0.25, -0.2) is 0 Å². The lowest BCUT2D eigenvalue weighted by molar-refractivity contribution is 0.197. The second-order valence-corrected chi connectivity index (χ2v) is 3.80. The number of piperidine rings is 1. The van der Waals surface area contributed by atoms with E-state index in [1.807, 2.05) is 6.92 Å². The Kier molecular flexibility index (Phi) is 4.73. The molecule has 1 atom stereocenters. The summed E-state index contributed by atoms with van der Waals surface area (Å²) in [5.74, 6) is 1.24. The van der Waals surface area contributed by atoms with Gasteiger partial charge in [0, 0.05) is 26.2 Å². The highest BCUT2D eigenvalue weighted by Gasteiger charge is 2.20. The molecule has 0 bridgehead atoms. The van der Waals surface area contributed by atoms with E-state index in [-0.39, 0.29) is 6.61 Å². The van der Waals surface area contributed by atoms with Crippen molar-refractivity contribution in [2.75, 3.05) is 26.2 Å². The number of hydrogen-bond acceptors (Lipinski definition) is 2. The van der Waals surface area contributed by atoms with Crippen LogP contribution in [0.5, 0.6) is 0 Å². The first-order chi connectivity index (χ1) is 6.77. The Bertz CT molecular complexity index is 192. The van der Waals surface area contributed by atoms with Gasteiger partial charge >= 0.3 is 0 Å². The zero-order valence-electron chi connectivity index (χ0n) is 8.95. The van der Waals surface area contributed by atoms with Crippen LogP contribution in [0.2, 0.25) is 0 Å². The van der Waals surface area contributed by atoms with Gasteiger partial charge < -0.3 is 15.7 Å². The van der Waals surface area contributed by atoms with Gasteiger partial charge in [0.25, 0.3) is 0 Å². The van der Waals surface area contributed by atoms with Crippen LogP contribution in [0.15, 0.2) is 4.99 Å². The summed E-state index contributed by atoms with van der Waals surface area (Å²) in [6, 6.07) is 0. The molecule has 82 valence electrons. The summed E-state index contributed by atoms with van der Waals surface area (Å²) in [4.78, 5) is 6.33. The molecular formula is C10H21N3O. The van der Waals surface area contributed by atoms with Gasteiger partial charge in [-0.3, -0.25) is 4.99 Å².